The van der Waals surface area contributed by atoms with Crippen LogP contribution in [-0.2, 0) is 6.54 Å². The van der Waals surface area contributed by atoms with E-state index in [-0.39, 0.29) is 28.7 Å². The number of aromatic nitrogens is 3. The van der Waals surface area contributed by atoms with E-state index in [4.69, 9.17) is 4.74 Å². The molecule has 0 aliphatic rings. The number of ether oxygens (including phenoxy) is 1. The first-order chi connectivity index (χ1) is 15.1. The number of ketones is 1. The Kier molecular flexibility index (Phi) is 5.47. The van der Waals surface area contributed by atoms with Crippen molar-refractivity contribution in [2.24, 2.45) is 0 Å². The second kappa shape index (κ2) is 8.52. The van der Waals surface area contributed by atoms with Crippen molar-refractivity contribution < 1.29 is 14.6 Å². The number of benzene rings is 2. The van der Waals surface area contributed by atoms with Gasteiger partial charge in [-0.2, -0.15) is 5.26 Å². The molecule has 2 heterocycles. The van der Waals surface area contributed by atoms with Gasteiger partial charge in [-0.1, -0.05) is 24.3 Å². The van der Waals surface area contributed by atoms with Gasteiger partial charge in [0.2, 0.25) is 11.7 Å². The van der Waals surface area contributed by atoms with E-state index >= 15 is 0 Å². The zero-order valence-corrected chi connectivity index (χ0v) is 16.5. The van der Waals surface area contributed by atoms with Crippen molar-refractivity contribution >= 4 is 22.6 Å². The summed E-state index contributed by atoms with van der Waals surface area (Å²) in [6.45, 7) is 0.340. The van der Waals surface area contributed by atoms with Crippen LogP contribution in [0.5, 0.6) is 11.5 Å². The molecule has 154 valence electrons. The van der Waals surface area contributed by atoms with Gasteiger partial charge in [0.15, 0.2) is 11.5 Å². The molecule has 2 aromatic heterocycles. The van der Waals surface area contributed by atoms with Gasteiger partial charge in [-0.15, -0.1) is 0 Å². The number of para-hydroxylation sites is 1. The molecule has 4 rings (SSSR count). The molecular weight excluding hydrogens is 396 g/mol. The number of phenolic OH excluding ortho intramolecular Hbond substituents is 1. The molecule has 0 spiro atoms. The number of hydrazine groups is 1. The number of phenols is 1. The fraction of sp³-hybridized carbons (Fsp3) is 0.0909. The highest BCUT2D eigenvalue weighted by Gasteiger charge is 2.20. The summed E-state index contributed by atoms with van der Waals surface area (Å²) in [6.07, 6.45) is 2.91. The van der Waals surface area contributed by atoms with Gasteiger partial charge in [-0.3, -0.25) is 10.2 Å². The number of hydrogen-bond acceptors (Lipinski definition) is 8. The van der Waals surface area contributed by atoms with Gasteiger partial charge in [0.05, 0.1) is 13.3 Å². The quantitative estimate of drug-likeness (QED) is 0.268. The smallest absolute Gasteiger partial charge is 0.238 e. The van der Waals surface area contributed by atoms with E-state index in [0.29, 0.717) is 17.9 Å². The summed E-state index contributed by atoms with van der Waals surface area (Å²) in [5.74, 6) is 0.176. The molecule has 0 saturated heterocycles. The fourth-order valence-corrected chi connectivity index (χ4v) is 3.15. The van der Waals surface area contributed by atoms with Crippen molar-refractivity contribution in [2.45, 2.75) is 6.54 Å². The molecule has 0 atom stereocenters. The first kappa shape index (κ1) is 19.9. The molecule has 0 aliphatic carbocycles. The predicted molar refractivity (Wildman–Crippen MR) is 114 cm³/mol. The van der Waals surface area contributed by atoms with E-state index in [0.717, 1.165) is 16.5 Å². The van der Waals surface area contributed by atoms with Crippen molar-refractivity contribution in [1.29, 1.82) is 5.26 Å². The van der Waals surface area contributed by atoms with Crippen LogP contribution in [0, 0.1) is 11.3 Å². The molecular formula is C22H18N6O3. The summed E-state index contributed by atoms with van der Waals surface area (Å²) in [5, 5.41) is 20.0. The molecule has 0 bridgehead atoms. The molecule has 31 heavy (non-hydrogen) atoms. The average Bonchev–Trinajstić information content (AvgIpc) is 3.23. The summed E-state index contributed by atoms with van der Waals surface area (Å²) in [7, 11) is 1.48. The Balaban J connectivity index is 1.53. The number of carbonyl (C=O) groups is 1. The van der Waals surface area contributed by atoms with Crippen LogP contribution in [0.1, 0.15) is 27.2 Å². The van der Waals surface area contributed by atoms with Gasteiger partial charge in [0, 0.05) is 29.2 Å². The lowest BCUT2D eigenvalue weighted by atomic mass is 10.0. The van der Waals surface area contributed by atoms with Crippen LogP contribution in [0.3, 0.4) is 0 Å². The number of anilines is 1. The summed E-state index contributed by atoms with van der Waals surface area (Å²) in [6, 6.07) is 14.4. The second-order valence-electron chi connectivity index (χ2n) is 6.63. The minimum absolute atomic E-state index is 0.00800. The molecule has 0 radical (unpaired) electrons. The number of methoxy groups -OCH3 is 1. The van der Waals surface area contributed by atoms with Crippen LogP contribution in [0.25, 0.3) is 10.9 Å². The molecule has 4 N–H and O–H groups in total. The first-order valence-corrected chi connectivity index (χ1v) is 9.33. The highest BCUT2D eigenvalue weighted by molar-refractivity contribution is 6.16. The van der Waals surface area contributed by atoms with Crippen molar-refractivity contribution in [3.05, 3.63) is 77.2 Å². The predicted octanol–water partition coefficient (Wildman–Crippen LogP) is 2.89. The van der Waals surface area contributed by atoms with Crippen LogP contribution in [0.4, 0.5) is 5.95 Å². The van der Waals surface area contributed by atoms with E-state index in [2.05, 4.69) is 25.8 Å². The largest absolute Gasteiger partial charge is 0.504 e. The zero-order valence-electron chi connectivity index (χ0n) is 16.5. The van der Waals surface area contributed by atoms with Gasteiger partial charge in [-0.05, 0) is 23.8 Å². The van der Waals surface area contributed by atoms with Crippen LogP contribution in [0.15, 0.2) is 54.9 Å². The van der Waals surface area contributed by atoms with Gasteiger partial charge in [-0.25, -0.2) is 15.4 Å². The first-order valence-electron chi connectivity index (χ1n) is 9.33. The number of hydrogen-bond donors (Lipinski definition) is 4. The van der Waals surface area contributed by atoms with Gasteiger partial charge in [0.25, 0.3) is 0 Å². The minimum atomic E-state index is -0.375. The van der Waals surface area contributed by atoms with Crippen LogP contribution >= 0.6 is 0 Å². The SMILES string of the molecule is COc1ccc(CNNc2ncc(C#N)c(C(=O)c3c[nH]c4ccccc34)n2)cc1O. The maximum absolute atomic E-state index is 13.1. The number of H-pyrrole nitrogens is 1. The topological polar surface area (TPSA) is 136 Å². The molecule has 0 fully saturated rings. The van der Waals surface area contributed by atoms with Crippen LogP contribution < -0.4 is 15.6 Å². The van der Waals surface area contributed by atoms with Crippen molar-refractivity contribution in [2.75, 3.05) is 12.5 Å². The summed E-state index contributed by atoms with van der Waals surface area (Å²) >= 11 is 0. The molecule has 4 aromatic rings. The van der Waals surface area contributed by atoms with Gasteiger partial charge >= 0.3 is 0 Å². The molecule has 0 saturated carbocycles. The number of aromatic hydroxyl groups is 1. The Hall–Kier alpha value is -4.42. The third-order valence-corrected chi connectivity index (χ3v) is 4.69. The fourth-order valence-electron chi connectivity index (χ4n) is 3.15. The van der Waals surface area contributed by atoms with Crippen molar-refractivity contribution in [3.63, 3.8) is 0 Å². The summed E-state index contributed by atoms with van der Waals surface area (Å²) in [5.41, 5.74) is 7.87. The Bertz CT molecular complexity index is 1310. The Morgan fingerprint density at radius 1 is 1.29 bits per heavy atom. The lowest BCUT2D eigenvalue weighted by Gasteiger charge is -2.10. The number of aromatic amines is 1. The third kappa shape index (κ3) is 4.01. The zero-order chi connectivity index (χ0) is 21.8. The third-order valence-electron chi connectivity index (χ3n) is 4.69. The Labute approximate surface area is 177 Å². The average molecular weight is 414 g/mol. The Morgan fingerprint density at radius 2 is 2.13 bits per heavy atom. The van der Waals surface area contributed by atoms with Crippen LogP contribution in [0.2, 0.25) is 0 Å². The van der Waals surface area contributed by atoms with E-state index in [1.54, 1.807) is 24.4 Å². The maximum Gasteiger partial charge on any atom is 0.238 e. The molecule has 9 heteroatoms. The van der Waals surface area contributed by atoms with E-state index in [1.807, 2.05) is 30.3 Å². The number of nitrogens with one attached hydrogen (secondary N) is 3. The molecule has 2 aromatic carbocycles. The normalized spacial score (nSPS) is 10.6. The number of rotatable bonds is 7. The monoisotopic (exact) mass is 414 g/mol. The minimum Gasteiger partial charge on any atom is -0.504 e. The van der Waals surface area contributed by atoms with Crippen molar-refractivity contribution in [3.8, 4) is 17.6 Å². The summed E-state index contributed by atoms with van der Waals surface area (Å²) in [4.78, 5) is 24.5. The van der Waals surface area contributed by atoms with E-state index in [9.17, 15) is 15.2 Å². The number of nitriles is 1. The molecule has 9 nitrogen and oxygen atoms in total. The lowest BCUT2D eigenvalue weighted by molar-refractivity contribution is 0.103. The van der Waals surface area contributed by atoms with E-state index < -0.39 is 0 Å². The second-order valence-corrected chi connectivity index (χ2v) is 6.63. The number of fused-ring (bicyclic) bond motifs is 1. The maximum atomic E-state index is 13.1. The number of carbonyl (C=O) groups excluding carboxylic acids is 1. The van der Waals surface area contributed by atoms with Gasteiger partial charge < -0.3 is 14.8 Å². The molecule has 0 aliphatic heterocycles. The summed E-state index contributed by atoms with van der Waals surface area (Å²) < 4.78 is 5.02. The van der Waals surface area contributed by atoms with E-state index in [1.165, 1.54) is 13.3 Å². The molecule has 0 unspecified atom stereocenters. The lowest BCUT2D eigenvalue weighted by Crippen LogP contribution is -2.23. The van der Waals surface area contributed by atoms with Crippen molar-refractivity contribution in [1.82, 2.24) is 20.4 Å². The highest BCUT2D eigenvalue weighted by atomic mass is 16.5. The van der Waals surface area contributed by atoms with Crippen LogP contribution in [-0.4, -0.2) is 33.0 Å². The Morgan fingerprint density at radius 3 is 2.90 bits per heavy atom. The number of nitrogens with zero attached hydrogens (tertiary/aromatic N) is 3. The standard InChI is InChI=1S/C22H18N6O3/c1-31-19-7-6-13(8-18(19)29)10-26-28-22-25-11-14(9-23)20(27-22)21(30)16-12-24-17-5-3-2-4-15(16)17/h2-8,11-12,24,26,29H,10H2,1H3,(H,25,27,28). The van der Waals surface area contributed by atoms with Gasteiger partial charge in [0.1, 0.15) is 17.3 Å². The highest BCUT2D eigenvalue weighted by Crippen LogP contribution is 2.26. The molecule has 0 amide bonds.